The standard InChI is InChI=1S/C15H15N3O2/c16-9-12-4-1-2-7-13(12)18-15(20)11-6-3-5-10(8-11)14(17)19/h1-8H,9,16H2,(H2,17,19)(H,18,20). The molecule has 0 spiro atoms. The number of nitrogens with one attached hydrogen (secondary N) is 1. The number of para-hydroxylation sites is 1. The number of carbonyl (C=O) groups is 2. The Morgan fingerprint density at radius 1 is 1.00 bits per heavy atom. The lowest BCUT2D eigenvalue weighted by molar-refractivity contribution is 0.1000. The van der Waals surface area contributed by atoms with Crippen LogP contribution in [-0.2, 0) is 6.54 Å². The van der Waals surface area contributed by atoms with Crippen molar-refractivity contribution in [3.63, 3.8) is 0 Å². The second kappa shape index (κ2) is 5.99. The van der Waals surface area contributed by atoms with Crippen molar-refractivity contribution in [2.75, 3.05) is 5.32 Å². The van der Waals surface area contributed by atoms with Gasteiger partial charge in [-0.15, -0.1) is 0 Å². The van der Waals surface area contributed by atoms with Crippen molar-refractivity contribution in [3.8, 4) is 0 Å². The maximum atomic E-state index is 12.2. The Morgan fingerprint density at radius 2 is 1.70 bits per heavy atom. The van der Waals surface area contributed by atoms with Crippen molar-refractivity contribution in [1.29, 1.82) is 0 Å². The summed E-state index contributed by atoms with van der Waals surface area (Å²) in [4.78, 5) is 23.3. The van der Waals surface area contributed by atoms with Crippen LogP contribution in [0.1, 0.15) is 26.3 Å². The van der Waals surface area contributed by atoms with E-state index in [1.165, 1.54) is 6.07 Å². The molecule has 20 heavy (non-hydrogen) atoms. The first kappa shape index (κ1) is 13.8. The molecule has 2 aromatic rings. The molecular weight excluding hydrogens is 254 g/mol. The van der Waals surface area contributed by atoms with E-state index in [4.69, 9.17) is 11.5 Å². The third-order valence-electron chi connectivity index (χ3n) is 2.89. The zero-order valence-corrected chi connectivity index (χ0v) is 10.8. The number of amides is 2. The molecule has 0 saturated carbocycles. The number of primary amides is 1. The quantitative estimate of drug-likeness (QED) is 0.784. The third-order valence-corrected chi connectivity index (χ3v) is 2.89. The Kier molecular flexibility index (Phi) is 4.12. The van der Waals surface area contributed by atoms with E-state index in [0.29, 0.717) is 23.4 Å². The largest absolute Gasteiger partial charge is 0.366 e. The van der Waals surface area contributed by atoms with Gasteiger partial charge in [-0.3, -0.25) is 9.59 Å². The van der Waals surface area contributed by atoms with E-state index in [1.807, 2.05) is 18.2 Å². The van der Waals surface area contributed by atoms with Crippen molar-refractivity contribution in [1.82, 2.24) is 0 Å². The summed E-state index contributed by atoms with van der Waals surface area (Å²) >= 11 is 0. The Hall–Kier alpha value is -2.66. The van der Waals surface area contributed by atoms with Gasteiger partial charge in [-0.1, -0.05) is 24.3 Å². The highest BCUT2D eigenvalue weighted by Gasteiger charge is 2.10. The van der Waals surface area contributed by atoms with Gasteiger partial charge < -0.3 is 16.8 Å². The molecule has 0 heterocycles. The summed E-state index contributed by atoms with van der Waals surface area (Å²) in [7, 11) is 0. The topological polar surface area (TPSA) is 98.2 Å². The number of anilines is 1. The Morgan fingerprint density at radius 3 is 2.40 bits per heavy atom. The summed E-state index contributed by atoms with van der Waals surface area (Å²) in [6, 6.07) is 13.5. The average Bonchev–Trinajstić information content (AvgIpc) is 2.48. The highest BCUT2D eigenvalue weighted by molar-refractivity contribution is 6.06. The summed E-state index contributed by atoms with van der Waals surface area (Å²) < 4.78 is 0. The minimum Gasteiger partial charge on any atom is -0.366 e. The molecule has 5 N–H and O–H groups in total. The van der Waals surface area contributed by atoms with Gasteiger partial charge in [0.05, 0.1) is 0 Å². The number of nitrogens with two attached hydrogens (primary N) is 2. The molecule has 0 unspecified atom stereocenters. The molecule has 102 valence electrons. The van der Waals surface area contributed by atoms with Crippen molar-refractivity contribution < 1.29 is 9.59 Å². The molecule has 0 saturated heterocycles. The predicted octanol–water partition coefficient (Wildman–Crippen LogP) is 1.50. The summed E-state index contributed by atoms with van der Waals surface area (Å²) in [5.74, 6) is -0.879. The normalized spacial score (nSPS) is 10.1. The van der Waals surface area contributed by atoms with Crippen molar-refractivity contribution in [3.05, 3.63) is 65.2 Å². The summed E-state index contributed by atoms with van der Waals surface area (Å²) in [6.07, 6.45) is 0. The predicted molar refractivity (Wildman–Crippen MR) is 77.2 cm³/mol. The Balaban J connectivity index is 2.24. The zero-order chi connectivity index (χ0) is 14.5. The minimum atomic E-state index is -0.568. The van der Waals surface area contributed by atoms with Crippen LogP contribution in [0.15, 0.2) is 48.5 Å². The lowest BCUT2D eigenvalue weighted by Gasteiger charge is -2.10. The molecule has 0 bridgehead atoms. The fourth-order valence-electron chi connectivity index (χ4n) is 1.83. The smallest absolute Gasteiger partial charge is 0.255 e. The number of hydrogen-bond donors (Lipinski definition) is 3. The van der Waals surface area contributed by atoms with Gasteiger partial charge in [-0.2, -0.15) is 0 Å². The van der Waals surface area contributed by atoms with Gasteiger partial charge in [0, 0.05) is 23.4 Å². The third kappa shape index (κ3) is 3.02. The molecule has 0 aliphatic rings. The van der Waals surface area contributed by atoms with Gasteiger partial charge in [-0.25, -0.2) is 0 Å². The summed E-state index contributed by atoms with van der Waals surface area (Å²) in [5, 5.41) is 2.77. The molecule has 0 aliphatic carbocycles. The number of rotatable bonds is 4. The van der Waals surface area contributed by atoms with Crippen LogP contribution in [0.4, 0.5) is 5.69 Å². The SMILES string of the molecule is NCc1ccccc1NC(=O)c1cccc(C(N)=O)c1. The van der Waals surface area contributed by atoms with E-state index >= 15 is 0 Å². The molecular formula is C15H15N3O2. The van der Waals surface area contributed by atoms with Crippen LogP contribution in [0.3, 0.4) is 0 Å². The number of benzene rings is 2. The van der Waals surface area contributed by atoms with Crippen molar-refractivity contribution in [2.24, 2.45) is 11.5 Å². The number of carbonyl (C=O) groups excluding carboxylic acids is 2. The lowest BCUT2D eigenvalue weighted by atomic mass is 10.1. The van der Waals surface area contributed by atoms with E-state index in [1.54, 1.807) is 24.3 Å². The van der Waals surface area contributed by atoms with Gasteiger partial charge >= 0.3 is 0 Å². The summed E-state index contributed by atoms with van der Waals surface area (Å²) in [5.41, 5.74) is 13.0. The van der Waals surface area contributed by atoms with Gasteiger partial charge in [0.25, 0.3) is 5.91 Å². The average molecular weight is 269 g/mol. The lowest BCUT2D eigenvalue weighted by Crippen LogP contribution is -2.16. The van der Waals surface area contributed by atoms with E-state index in [-0.39, 0.29) is 5.91 Å². The molecule has 5 nitrogen and oxygen atoms in total. The summed E-state index contributed by atoms with van der Waals surface area (Å²) in [6.45, 7) is 0.331. The second-order valence-corrected chi connectivity index (χ2v) is 4.26. The molecule has 0 fully saturated rings. The van der Waals surface area contributed by atoms with Crippen LogP contribution in [0.25, 0.3) is 0 Å². The molecule has 2 aromatic carbocycles. The van der Waals surface area contributed by atoms with E-state index in [0.717, 1.165) is 5.56 Å². The first-order valence-electron chi connectivity index (χ1n) is 6.11. The van der Waals surface area contributed by atoms with Crippen LogP contribution in [0.5, 0.6) is 0 Å². The fourth-order valence-corrected chi connectivity index (χ4v) is 1.83. The fraction of sp³-hybridized carbons (Fsp3) is 0.0667. The molecule has 0 aliphatic heterocycles. The monoisotopic (exact) mass is 269 g/mol. The van der Waals surface area contributed by atoms with E-state index < -0.39 is 5.91 Å². The second-order valence-electron chi connectivity index (χ2n) is 4.26. The molecule has 2 rings (SSSR count). The molecule has 0 atom stereocenters. The first-order chi connectivity index (χ1) is 9.61. The highest BCUT2D eigenvalue weighted by Crippen LogP contribution is 2.16. The van der Waals surface area contributed by atoms with Crippen LogP contribution in [-0.4, -0.2) is 11.8 Å². The van der Waals surface area contributed by atoms with Crippen molar-refractivity contribution >= 4 is 17.5 Å². The van der Waals surface area contributed by atoms with E-state index in [2.05, 4.69) is 5.32 Å². The highest BCUT2D eigenvalue weighted by atomic mass is 16.2. The van der Waals surface area contributed by atoms with E-state index in [9.17, 15) is 9.59 Å². The van der Waals surface area contributed by atoms with Crippen LogP contribution >= 0.6 is 0 Å². The van der Waals surface area contributed by atoms with Crippen LogP contribution in [0.2, 0.25) is 0 Å². The minimum absolute atomic E-state index is 0.296. The maximum absolute atomic E-state index is 12.2. The first-order valence-corrected chi connectivity index (χ1v) is 6.11. The van der Waals surface area contributed by atoms with Gasteiger partial charge in [0.1, 0.15) is 0 Å². The molecule has 0 radical (unpaired) electrons. The van der Waals surface area contributed by atoms with Crippen LogP contribution in [0, 0.1) is 0 Å². The maximum Gasteiger partial charge on any atom is 0.255 e. The molecule has 2 amide bonds. The van der Waals surface area contributed by atoms with Gasteiger partial charge in [0.2, 0.25) is 5.91 Å². The Labute approximate surface area is 116 Å². The Bertz CT molecular complexity index is 653. The van der Waals surface area contributed by atoms with Crippen molar-refractivity contribution in [2.45, 2.75) is 6.54 Å². The zero-order valence-electron chi connectivity index (χ0n) is 10.8. The number of hydrogen-bond acceptors (Lipinski definition) is 3. The van der Waals surface area contributed by atoms with Gasteiger partial charge in [-0.05, 0) is 29.8 Å². The van der Waals surface area contributed by atoms with Gasteiger partial charge in [0.15, 0.2) is 0 Å². The molecule has 0 aromatic heterocycles. The molecule has 5 heteroatoms. The van der Waals surface area contributed by atoms with Crippen LogP contribution < -0.4 is 16.8 Å².